The van der Waals surface area contributed by atoms with E-state index in [2.05, 4.69) is 16.9 Å². The molecule has 1 fully saturated rings. The fourth-order valence-electron chi connectivity index (χ4n) is 4.86. The molecule has 4 rings (SSSR count). The summed E-state index contributed by atoms with van der Waals surface area (Å²) in [6.07, 6.45) is 0.563. The zero-order valence-electron chi connectivity index (χ0n) is 22.2. The maximum absolute atomic E-state index is 15.4. The van der Waals surface area contributed by atoms with Gasteiger partial charge in [0.1, 0.15) is 5.56 Å². The normalized spacial score (nSPS) is 17.5. The molecular formula is C29H29F4N3O4. The van der Waals surface area contributed by atoms with Gasteiger partial charge in [0.2, 0.25) is 11.8 Å². The highest BCUT2D eigenvalue weighted by atomic mass is 19.4. The molecule has 1 saturated carbocycles. The summed E-state index contributed by atoms with van der Waals surface area (Å²) in [5, 5.41) is 9.93. The van der Waals surface area contributed by atoms with E-state index in [4.69, 9.17) is 4.74 Å². The second kappa shape index (κ2) is 11.6. The van der Waals surface area contributed by atoms with E-state index in [0.717, 1.165) is 37.2 Å². The molecule has 0 bridgehead atoms. The lowest BCUT2D eigenvalue weighted by molar-refractivity contribution is -0.138. The molecule has 1 aliphatic rings. The summed E-state index contributed by atoms with van der Waals surface area (Å²) in [6.45, 7) is 5.46. The first-order valence-electron chi connectivity index (χ1n) is 12.9. The van der Waals surface area contributed by atoms with Crippen molar-refractivity contribution in [3.8, 4) is 22.9 Å². The van der Waals surface area contributed by atoms with Crippen molar-refractivity contribution in [1.82, 2.24) is 9.97 Å². The van der Waals surface area contributed by atoms with Gasteiger partial charge >= 0.3 is 12.1 Å². The van der Waals surface area contributed by atoms with Crippen LogP contribution in [0.1, 0.15) is 62.4 Å². The second-order valence-electron chi connectivity index (χ2n) is 10.3. The molecule has 40 heavy (non-hydrogen) atoms. The van der Waals surface area contributed by atoms with Gasteiger partial charge in [0, 0.05) is 42.0 Å². The minimum absolute atomic E-state index is 0.0607. The van der Waals surface area contributed by atoms with Crippen molar-refractivity contribution in [2.45, 2.75) is 58.7 Å². The average Bonchev–Trinajstić information content (AvgIpc) is 2.90. The summed E-state index contributed by atoms with van der Waals surface area (Å²) < 4.78 is 62.4. The molecule has 7 nitrogen and oxygen atoms in total. The van der Waals surface area contributed by atoms with Crippen LogP contribution < -0.4 is 9.64 Å². The van der Waals surface area contributed by atoms with Crippen molar-refractivity contribution in [3.05, 3.63) is 65.7 Å². The first kappa shape index (κ1) is 29.0. The van der Waals surface area contributed by atoms with Gasteiger partial charge in [-0.1, -0.05) is 13.0 Å². The Balaban J connectivity index is 1.73. The summed E-state index contributed by atoms with van der Waals surface area (Å²) in [4.78, 5) is 34.7. The van der Waals surface area contributed by atoms with E-state index in [-0.39, 0.29) is 28.8 Å². The Kier molecular flexibility index (Phi) is 8.41. The van der Waals surface area contributed by atoms with Crippen LogP contribution in [-0.2, 0) is 11.0 Å². The summed E-state index contributed by atoms with van der Waals surface area (Å²) in [5.41, 5.74) is -1.67. The molecule has 2 heterocycles. The minimum atomic E-state index is -4.92. The maximum atomic E-state index is 15.4. The molecule has 212 valence electrons. The number of carboxylic acids is 1. The van der Waals surface area contributed by atoms with Crippen LogP contribution in [0.4, 0.5) is 23.2 Å². The topological polar surface area (TPSA) is 92.6 Å². The van der Waals surface area contributed by atoms with Crippen molar-refractivity contribution in [3.63, 3.8) is 0 Å². The van der Waals surface area contributed by atoms with Gasteiger partial charge in [-0.05, 0) is 63.6 Å². The number of aromatic nitrogens is 2. The quantitative estimate of drug-likeness (QED) is 0.304. The summed E-state index contributed by atoms with van der Waals surface area (Å²) in [6, 6.07) is 6.59. The number of alkyl halides is 3. The summed E-state index contributed by atoms with van der Waals surface area (Å²) in [7, 11) is 0. The number of carbonyl (C=O) groups excluding carboxylic acids is 1. The molecule has 0 spiro atoms. The molecule has 0 aliphatic heterocycles. The van der Waals surface area contributed by atoms with Crippen LogP contribution in [0.2, 0.25) is 0 Å². The molecule has 1 aromatic carbocycles. The van der Waals surface area contributed by atoms with Crippen LogP contribution >= 0.6 is 0 Å². The van der Waals surface area contributed by atoms with Gasteiger partial charge in [-0.25, -0.2) is 14.2 Å². The van der Waals surface area contributed by atoms with Crippen LogP contribution in [0, 0.1) is 17.7 Å². The van der Waals surface area contributed by atoms with Crippen molar-refractivity contribution in [2.24, 2.45) is 11.8 Å². The third-order valence-electron chi connectivity index (χ3n) is 6.98. The SMILES string of the molecule is CC1CCC(C(=O)N(c2cc(F)c(Oc3ncc(-c4ccccn4)cc3C(F)(F)F)cc2C(=O)O)C(C)C)CC1. The fraction of sp³-hybridized carbons (Fsp3) is 0.379. The van der Waals surface area contributed by atoms with Gasteiger partial charge in [-0.3, -0.25) is 9.78 Å². The number of carboxylic acid groups (broad SMARTS) is 1. The van der Waals surface area contributed by atoms with Crippen LogP contribution in [0.5, 0.6) is 11.6 Å². The number of hydrogen-bond donors (Lipinski definition) is 1. The van der Waals surface area contributed by atoms with Crippen LogP contribution in [0.15, 0.2) is 48.8 Å². The Labute approximate surface area is 228 Å². The van der Waals surface area contributed by atoms with Crippen LogP contribution in [0.3, 0.4) is 0 Å². The van der Waals surface area contributed by atoms with E-state index in [1.54, 1.807) is 26.0 Å². The number of halogens is 4. The van der Waals surface area contributed by atoms with Crippen LogP contribution in [-0.4, -0.2) is 33.0 Å². The Bertz CT molecular complexity index is 1390. The lowest BCUT2D eigenvalue weighted by Crippen LogP contribution is -2.43. The van der Waals surface area contributed by atoms with Crippen molar-refractivity contribution in [2.75, 3.05) is 4.90 Å². The number of amides is 1. The zero-order valence-corrected chi connectivity index (χ0v) is 22.2. The van der Waals surface area contributed by atoms with E-state index >= 15 is 4.39 Å². The highest BCUT2D eigenvalue weighted by Gasteiger charge is 2.37. The highest BCUT2D eigenvalue weighted by molar-refractivity contribution is 6.03. The average molecular weight is 560 g/mol. The number of benzene rings is 1. The number of anilines is 1. The molecule has 0 saturated heterocycles. The van der Waals surface area contributed by atoms with Gasteiger partial charge in [0.05, 0.1) is 16.9 Å². The number of ether oxygens (including phenoxy) is 1. The third-order valence-corrected chi connectivity index (χ3v) is 6.98. The lowest BCUT2D eigenvalue weighted by Gasteiger charge is -2.34. The zero-order chi connectivity index (χ0) is 29.2. The van der Waals surface area contributed by atoms with Crippen LogP contribution in [0.25, 0.3) is 11.3 Å². The predicted octanol–water partition coefficient (Wildman–Crippen LogP) is 7.36. The van der Waals surface area contributed by atoms with Gasteiger partial charge in [-0.2, -0.15) is 13.2 Å². The maximum Gasteiger partial charge on any atom is 0.421 e. The Morgan fingerprint density at radius 1 is 1.07 bits per heavy atom. The number of pyridine rings is 2. The monoisotopic (exact) mass is 559 g/mol. The first-order chi connectivity index (χ1) is 18.9. The molecule has 1 aliphatic carbocycles. The number of rotatable bonds is 7. The first-order valence-corrected chi connectivity index (χ1v) is 12.9. The van der Waals surface area contributed by atoms with Crippen molar-refractivity contribution < 1.29 is 37.0 Å². The van der Waals surface area contributed by atoms with E-state index in [1.807, 2.05) is 0 Å². The van der Waals surface area contributed by atoms with E-state index < -0.39 is 46.8 Å². The number of carbonyl (C=O) groups is 2. The standard InChI is InChI=1S/C29H29F4N3O4/c1-16(2)36(27(37)18-9-7-17(3)8-10-18)24-14-22(30)25(13-20(24)28(38)39)40-26-21(29(31,32)33)12-19(15-35-26)23-6-4-5-11-34-23/h4-6,11-18H,7-10H2,1-3H3,(H,38,39). The van der Waals surface area contributed by atoms with Gasteiger partial charge < -0.3 is 14.7 Å². The molecule has 1 amide bonds. The highest BCUT2D eigenvalue weighted by Crippen LogP contribution is 2.41. The molecule has 1 N–H and O–H groups in total. The number of hydrogen-bond acceptors (Lipinski definition) is 5. The molecule has 2 aromatic heterocycles. The molecule has 0 unspecified atom stereocenters. The summed E-state index contributed by atoms with van der Waals surface area (Å²) >= 11 is 0. The van der Waals surface area contributed by atoms with Gasteiger partial charge in [0.15, 0.2) is 11.6 Å². The lowest BCUT2D eigenvalue weighted by atomic mass is 9.82. The number of aromatic carboxylic acids is 1. The molecule has 0 atom stereocenters. The number of nitrogens with zero attached hydrogens (tertiary/aromatic N) is 3. The minimum Gasteiger partial charge on any atom is -0.478 e. The Morgan fingerprint density at radius 2 is 1.77 bits per heavy atom. The summed E-state index contributed by atoms with van der Waals surface area (Å²) in [5.74, 6) is -4.53. The Morgan fingerprint density at radius 3 is 2.35 bits per heavy atom. The van der Waals surface area contributed by atoms with Gasteiger partial charge in [-0.15, -0.1) is 0 Å². The largest absolute Gasteiger partial charge is 0.478 e. The molecule has 3 aromatic rings. The second-order valence-corrected chi connectivity index (χ2v) is 10.3. The van der Waals surface area contributed by atoms with Crippen molar-refractivity contribution in [1.29, 1.82) is 0 Å². The molecule has 11 heteroatoms. The predicted molar refractivity (Wildman–Crippen MR) is 140 cm³/mol. The molecule has 0 radical (unpaired) electrons. The van der Waals surface area contributed by atoms with Gasteiger partial charge in [0.25, 0.3) is 0 Å². The van der Waals surface area contributed by atoms with E-state index in [1.165, 1.54) is 17.2 Å². The van der Waals surface area contributed by atoms with Crippen molar-refractivity contribution >= 4 is 17.6 Å². The fourth-order valence-corrected chi connectivity index (χ4v) is 4.86. The molecular weight excluding hydrogens is 530 g/mol. The van der Waals surface area contributed by atoms with E-state index in [0.29, 0.717) is 18.8 Å². The Hall–Kier alpha value is -4.02. The smallest absolute Gasteiger partial charge is 0.421 e. The third kappa shape index (κ3) is 6.24. The van der Waals surface area contributed by atoms with E-state index in [9.17, 15) is 27.9 Å².